The first-order chi connectivity index (χ1) is 8.11. The number of hydrogen-bond acceptors (Lipinski definition) is 4. The number of hydrogen-bond donors (Lipinski definition) is 2. The molecule has 0 saturated heterocycles. The topological polar surface area (TPSA) is 45.1 Å². The number of benzene rings is 1. The number of nitrogens with one attached hydrogen (secondary N) is 1. The van der Waals surface area contributed by atoms with Crippen LogP contribution in [0.4, 0.5) is 4.39 Å². The van der Waals surface area contributed by atoms with E-state index in [-0.39, 0.29) is 11.8 Å². The van der Waals surface area contributed by atoms with E-state index in [0.717, 1.165) is 10.7 Å². The Bertz CT molecular complexity index is 527. The van der Waals surface area contributed by atoms with E-state index in [1.165, 1.54) is 23.5 Å². The number of aromatic nitrogens is 1. The summed E-state index contributed by atoms with van der Waals surface area (Å²) in [7, 11) is 1.86. The summed E-state index contributed by atoms with van der Waals surface area (Å²) in [6.07, 6.45) is 0. The van der Waals surface area contributed by atoms with E-state index < -0.39 is 5.82 Å². The molecule has 3 nitrogen and oxygen atoms in total. The lowest BCUT2D eigenvalue weighted by Crippen LogP contribution is -2.12. The second-order valence-electron chi connectivity index (χ2n) is 3.75. The maximum Gasteiger partial charge on any atom is 0.165 e. The van der Waals surface area contributed by atoms with Crippen molar-refractivity contribution in [3.63, 3.8) is 0 Å². The molecule has 0 aliphatic heterocycles. The van der Waals surface area contributed by atoms with E-state index in [9.17, 15) is 4.39 Å². The summed E-state index contributed by atoms with van der Waals surface area (Å²) in [5.41, 5.74) is 1.61. The predicted octanol–water partition coefficient (Wildman–Crippen LogP) is 2.94. The van der Waals surface area contributed by atoms with Gasteiger partial charge in [-0.05, 0) is 32.2 Å². The monoisotopic (exact) mass is 252 g/mol. The van der Waals surface area contributed by atoms with E-state index >= 15 is 0 Å². The zero-order valence-electron chi connectivity index (χ0n) is 9.57. The molecule has 0 aliphatic rings. The molecule has 2 rings (SSSR count). The Morgan fingerprint density at radius 2 is 2.24 bits per heavy atom. The lowest BCUT2D eigenvalue weighted by Gasteiger charge is -2.05. The van der Waals surface area contributed by atoms with Crippen molar-refractivity contribution >= 4 is 11.3 Å². The van der Waals surface area contributed by atoms with Gasteiger partial charge in [0.1, 0.15) is 5.01 Å². The van der Waals surface area contributed by atoms with E-state index in [0.29, 0.717) is 5.56 Å². The number of phenolic OH excluding ortho intramolecular Hbond substituents is 1. The maximum absolute atomic E-state index is 13.2. The Kier molecular flexibility index (Phi) is 3.40. The van der Waals surface area contributed by atoms with Crippen molar-refractivity contribution in [1.29, 1.82) is 0 Å². The van der Waals surface area contributed by atoms with Gasteiger partial charge in [-0.25, -0.2) is 9.37 Å². The number of aromatic hydroxyl groups is 1. The molecular weight excluding hydrogens is 239 g/mol. The molecule has 0 saturated carbocycles. The number of nitrogens with zero attached hydrogens (tertiary/aromatic N) is 1. The smallest absolute Gasteiger partial charge is 0.165 e. The van der Waals surface area contributed by atoms with Crippen LogP contribution in [0.3, 0.4) is 0 Å². The molecule has 5 heteroatoms. The van der Waals surface area contributed by atoms with Gasteiger partial charge < -0.3 is 10.4 Å². The van der Waals surface area contributed by atoms with Crippen molar-refractivity contribution in [2.45, 2.75) is 13.0 Å². The lowest BCUT2D eigenvalue weighted by molar-refractivity contribution is 0.432. The van der Waals surface area contributed by atoms with Crippen LogP contribution in [-0.2, 0) is 0 Å². The summed E-state index contributed by atoms with van der Waals surface area (Å²) in [5, 5.41) is 14.9. The molecule has 2 aromatic rings. The van der Waals surface area contributed by atoms with Crippen LogP contribution in [0.25, 0.3) is 10.6 Å². The molecule has 1 aromatic heterocycles. The van der Waals surface area contributed by atoms with Crippen molar-refractivity contribution in [3.05, 3.63) is 35.1 Å². The fourth-order valence-electron chi connectivity index (χ4n) is 1.41. The molecule has 1 aromatic carbocycles. The van der Waals surface area contributed by atoms with E-state index in [1.807, 2.05) is 19.4 Å². The van der Waals surface area contributed by atoms with Crippen molar-refractivity contribution in [3.8, 4) is 16.3 Å². The highest BCUT2D eigenvalue weighted by Crippen LogP contribution is 2.28. The summed E-state index contributed by atoms with van der Waals surface area (Å²) in [6, 6.07) is 4.46. The van der Waals surface area contributed by atoms with E-state index in [2.05, 4.69) is 10.3 Å². The number of thiazole rings is 1. The third-order valence-corrected chi connectivity index (χ3v) is 3.50. The minimum Gasteiger partial charge on any atom is -0.505 e. The van der Waals surface area contributed by atoms with Gasteiger partial charge in [0.25, 0.3) is 0 Å². The standard InChI is InChI=1S/C12H13FN2OS/c1-7(14-2)10-6-17-12(15-10)8-3-4-11(16)9(13)5-8/h3-7,14,16H,1-2H3. The summed E-state index contributed by atoms with van der Waals surface area (Å²) in [5.74, 6) is -0.963. The second-order valence-corrected chi connectivity index (χ2v) is 4.61. The average Bonchev–Trinajstić information content (AvgIpc) is 2.81. The Hall–Kier alpha value is -1.46. The maximum atomic E-state index is 13.2. The number of halogens is 1. The van der Waals surface area contributed by atoms with Crippen molar-refractivity contribution in [1.82, 2.24) is 10.3 Å². The highest BCUT2D eigenvalue weighted by Gasteiger charge is 2.10. The van der Waals surface area contributed by atoms with Gasteiger partial charge in [0, 0.05) is 17.0 Å². The highest BCUT2D eigenvalue weighted by atomic mass is 32.1. The largest absolute Gasteiger partial charge is 0.505 e. The third-order valence-electron chi connectivity index (χ3n) is 2.59. The van der Waals surface area contributed by atoms with Gasteiger partial charge in [-0.2, -0.15) is 0 Å². The van der Waals surface area contributed by atoms with E-state index in [4.69, 9.17) is 5.11 Å². The Morgan fingerprint density at radius 1 is 1.47 bits per heavy atom. The molecular formula is C12H13FN2OS. The summed E-state index contributed by atoms with van der Waals surface area (Å²) in [4.78, 5) is 4.43. The van der Waals surface area contributed by atoms with Gasteiger partial charge in [-0.1, -0.05) is 0 Å². The third kappa shape index (κ3) is 2.45. The molecule has 0 fully saturated rings. The first-order valence-electron chi connectivity index (χ1n) is 5.23. The first-order valence-corrected chi connectivity index (χ1v) is 6.11. The molecule has 0 spiro atoms. The molecule has 0 amide bonds. The SMILES string of the molecule is CNC(C)c1csc(-c2ccc(O)c(F)c2)n1. The summed E-state index contributed by atoms with van der Waals surface area (Å²) < 4.78 is 13.2. The van der Waals surface area contributed by atoms with Gasteiger partial charge in [0.15, 0.2) is 11.6 Å². The van der Waals surface area contributed by atoms with Crippen LogP contribution in [0.15, 0.2) is 23.6 Å². The van der Waals surface area contributed by atoms with Crippen molar-refractivity contribution < 1.29 is 9.50 Å². The fraction of sp³-hybridized carbons (Fsp3) is 0.250. The Morgan fingerprint density at radius 3 is 2.88 bits per heavy atom. The quantitative estimate of drug-likeness (QED) is 0.882. The zero-order valence-corrected chi connectivity index (χ0v) is 10.4. The molecule has 0 aliphatic carbocycles. The first kappa shape index (κ1) is 12.0. The van der Waals surface area contributed by atoms with Gasteiger partial charge in [-0.15, -0.1) is 11.3 Å². The Balaban J connectivity index is 2.33. The van der Waals surface area contributed by atoms with Crippen LogP contribution in [0.1, 0.15) is 18.7 Å². The lowest BCUT2D eigenvalue weighted by atomic mass is 10.2. The minimum absolute atomic E-state index is 0.168. The normalized spacial score (nSPS) is 12.6. The molecule has 2 N–H and O–H groups in total. The average molecular weight is 252 g/mol. The van der Waals surface area contributed by atoms with E-state index in [1.54, 1.807) is 6.07 Å². The number of phenols is 1. The zero-order chi connectivity index (χ0) is 12.4. The molecule has 17 heavy (non-hydrogen) atoms. The summed E-state index contributed by atoms with van der Waals surface area (Å²) >= 11 is 1.46. The van der Waals surface area contributed by atoms with Crippen LogP contribution in [0.2, 0.25) is 0 Å². The molecule has 0 radical (unpaired) electrons. The van der Waals surface area contributed by atoms with Gasteiger partial charge in [0.2, 0.25) is 0 Å². The van der Waals surface area contributed by atoms with Gasteiger partial charge in [-0.3, -0.25) is 0 Å². The van der Waals surface area contributed by atoms with Crippen LogP contribution in [-0.4, -0.2) is 17.1 Å². The van der Waals surface area contributed by atoms with Crippen molar-refractivity contribution in [2.75, 3.05) is 7.05 Å². The van der Waals surface area contributed by atoms with Crippen LogP contribution in [0, 0.1) is 5.82 Å². The second kappa shape index (κ2) is 4.81. The molecule has 1 unspecified atom stereocenters. The Labute approximate surface area is 103 Å². The van der Waals surface area contributed by atoms with Crippen LogP contribution in [0.5, 0.6) is 5.75 Å². The van der Waals surface area contributed by atoms with Crippen LogP contribution < -0.4 is 5.32 Å². The minimum atomic E-state index is -0.624. The number of rotatable bonds is 3. The predicted molar refractivity (Wildman–Crippen MR) is 66.6 cm³/mol. The van der Waals surface area contributed by atoms with Crippen LogP contribution >= 0.6 is 11.3 Å². The van der Waals surface area contributed by atoms with Crippen molar-refractivity contribution in [2.24, 2.45) is 0 Å². The fourth-order valence-corrected chi connectivity index (χ4v) is 2.32. The molecule has 90 valence electrons. The molecule has 1 heterocycles. The van der Waals surface area contributed by atoms with Gasteiger partial charge in [0.05, 0.1) is 5.69 Å². The molecule has 0 bridgehead atoms. The summed E-state index contributed by atoms with van der Waals surface area (Å²) in [6.45, 7) is 2.01. The van der Waals surface area contributed by atoms with Gasteiger partial charge >= 0.3 is 0 Å². The molecule has 1 atom stereocenters. The highest BCUT2D eigenvalue weighted by molar-refractivity contribution is 7.13.